The fourth-order valence-electron chi connectivity index (χ4n) is 1.34. The van der Waals surface area contributed by atoms with Crippen molar-refractivity contribution in [2.75, 3.05) is 13.2 Å². The predicted octanol–water partition coefficient (Wildman–Crippen LogP) is 2.11. The second kappa shape index (κ2) is 9.00. The Bertz CT molecular complexity index is 148. The molecule has 0 radical (unpaired) electrons. The molecular weight excluding hydrogens is 178 g/mol. The van der Waals surface area contributed by atoms with E-state index in [9.17, 15) is 4.79 Å². The molecule has 0 aromatic rings. The molecule has 0 spiro atoms. The third-order valence-electron chi connectivity index (χ3n) is 2.24. The van der Waals surface area contributed by atoms with Crippen LogP contribution in [0.5, 0.6) is 0 Å². The summed E-state index contributed by atoms with van der Waals surface area (Å²) in [6.07, 6.45) is 4.64. The number of carbonyl (C=O) groups excluding carboxylic acids is 1. The van der Waals surface area contributed by atoms with Crippen LogP contribution in [0.25, 0.3) is 0 Å². The molecular formula is C11H23NO2. The van der Waals surface area contributed by atoms with Gasteiger partial charge in [-0.1, -0.05) is 26.7 Å². The van der Waals surface area contributed by atoms with Gasteiger partial charge in [0, 0.05) is 6.04 Å². The average Bonchev–Trinajstić information content (AvgIpc) is 2.19. The Hall–Kier alpha value is -0.570. The zero-order chi connectivity index (χ0) is 10.8. The summed E-state index contributed by atoms with van der Waals surface area (Å²) < 4.78 is 4.84. The van der Waals surface area contributed by atoms with E-state index in [1.165, 1.54) is 12.8 Å². The summed E-state index contributed by atoms with van der Waals surface area (Å²) in [6.45, 7) is 6.95. The molecule has 3 nitrogen and oxygen atoms in total. The van der Waals surface area contributed by atoms with E-state index < -0.39 is 0 Å². The van der Waals surface area contributed by atoms with Gasteiger partial charge >= 0.3 is 5.97 Å². The van der Waals surface area contributed by atoms with E-state index in [4.69, 9.17) is 4.74 Å². The van der Waals surface area contributed by atoms with Crippen molar-refractivity contribution in [2.45, 2.75) is 52.5 Å². The molecule has 0 fully saturated rings. The Morgan fingerprint density at radius 3 is 2.57 bits per heavy atom. The van der Waals surface area contributed by atoms with Crippen molar-refractivity contribution in [3.05, 3.63) is 0 Å². The highest BCUT2D eigenvalue weighted by Crippen LogP contribution is 2.03. The van der Waals surface area contributed by atoms with Crippen LogP contribution in [0.3, 0.4) is 0 Å². The summed E-state index contributed by atoms with van der Waals surface area (Å²) in [5.41, 5.74) is 0. The van der Waals surface area contributed by atoms with Crippen LogP contribution in [0.2, 0.25) is 0 Å². The zero-order valence-corrected chi connectivity index (χ0v) is 9.64. The lowest BCUT2D eigenvalue weighted by atomic mass is 10.1. The van der Waals surface area contributed by atoms with Gasteiger partial charge < -0.3 is 10.1 Å². The molecule has 0 aliphatic carbocycles. The molecule has 0 bridgehead atoms. The molecule has 3 heteroatoms. The van der Waals surface area contributed by atoms with Gasteiger partial charge in [0.15, 0.2) is 0 Å². The Morgan fingerprint density at radius 2 is 2.07 bits per heavy atom. The van der Waals surface area contributed by atoms with E-state index in [1.54, 1.807) is 0 Å². The molecule has 0 aromatic heterocycles. The van der Waals surface area contributed by atoms with E-state index in [1.807, 2.05) is 6.92 Å². The van der Waals surface area contributed by atoms with Crippen molar-refractivity contribution in [2.24, 2.45) is 0 Å². The van der Waals surface area contributed by atoms with E-state index in [0.717, 1.165) is 12.8 Å². The van der Waals surface area contributed by atoms with Gasteiger partial charge in [-0.25, -0.2) is 0 Å². The van der Waals surface area contributed by atoms with Gasteiger partial charge in [0.05, 0.1) is 13.2 Å². The highest BCUT2D eigenvalue weighted by atomic mass is 16.5. The van der Waals surface area contributed by atoms with Crippen molar-refractivity contribution in [3.63, 3.8) is 0 Å². The number of hydrogen-bond donors (Lipinski definition) is 1. The lowest BCUT2D eigenvalue weighted by molar-refractivity contribution is -0.142. The van der Waals surface area contributed by atoms with Gasteiger partial charge in [-0.05, 0) is 19.8 Å². The first kappa shape index (κ1) is 13.4. The maximum Gasteiger partial charge on any atom is 0.319 e. The minimum atomic E-state index is -0.151. The predicted molar refractivity (Wildman–Crippen MR) is 58.2 cm³/mol. The summed E-state index contributed by atoms with van der Waals surface area (Å²) in [5.74, 6) is -0.151. The molecule has 0 amide bonds. The minimum Gasteiger partial charge on any atom is -0.465 e. The topological polar surface area (TPSA) is 38.3 Å². The van der Waals surface area contributed by atoms with Crippen LogP contribution < -0.4 is 5.32 Å². The van der Waals surface area contributed by atoms with Crippen molar-refractivity contribution in [1.29, 1.82) is 0 Å². The number of rotatable bonds is 8. The highest BCUT2D eigenvalue weighted by Gasteiger charge is 2.07. The van der Waals surface area contributed by atoms with Crippen molar-refractivity contribution in [1.82, 2.24) is 5.32 Å². The van der Waals surface area contributed by atoms with Gasteiger partial charge in [-0.3, -0.25) is 4.79 Å². The van der Waals surface area contributed by atoms with Crippen molar-refractivity contribution < 1.29 is 9.53 Å². The third kappa shape index (κ3) is 6.89. The molecule has 0 heterocycles. The van der Waals surface area contributed by atoms with Crippen molar-refractivity contribution in [3.8, 4) is 0 Å². The second-order valence-corrected chi connectivity index (χ2v) is 3.43. The minimum absolute atomic E-state index is 0.151. The van der Waals surface area contributed by atoms with Crippen LogP contribution in [0.4, 0.5) is 0 Å². The fourth-order valence-corrected chi connectivity index (χ4v) is 1.34. The average molecular weight is 201 g/mol. The molecule has 0 saturated carbocycles. The van der Waals surface area contributed by atoms with Crippen LogP contribution in [-0.2, 0) is 9.53 Å². The molecule has 0 aliphatic rings. The molecule has 1 atom stereocenters. The van der Waals surface area contributed by atoms with E-state index in [0.29, 0.717) is 19.2 Å². The van der Waals surface area contributed by atoms with E-state index in [-0.39, 0.29) is 5.97 Å². The molecule has 84 valence electrons. The molecule has 0 saturated heterocycles. The summed E-state index contributed by atoms with van der Waals surface area (Å²) in [7, 11) is 0. The fraction of sp³-hybridized carbons (Fsp3) is 0.909. The number of hydrogen-bond acceptors (Lipinski definition) is 3. The molecule has 0 rings (SSSR count). The Balaban J connectivity index is 3.55. The van der Waals surface area contributed by atoms with Crippen LogP contribution in [0.15, 0.2) is 0 Å². The van der Waals surface area contributed by atoms with Gasteiger partial charge in [-0.15, -0.1) is 0 Å². The summed E-state index contributed by atoms with van der Waals surface area (Å²) >= 11 is 0. The number of nitrogens with one attached hydrogen (secondary N) is 1. The zero-order valence-electron chi connectivity index (χ0n) is 9.64. The lowest BCUT2D eigenvalue weighted by Crippen LogP contribution is -2.34. The maximum atomic E-state index is 11.1. The first-order valence-electron chi connectivity index (χ1n) is 5.63. The number of ether oxygens (including phenoxy) is 1. The highest BCUT2D eigenvalue weighted by molar-refractivity contribution is 5.71. The van der Waals surface area contributed by atoms with Gasteiger partial charge in [-0.2, -0.15) is 0 Å². The molecule has 1 N–H and O–H groups in total. The summed E-state index contributed by atoms with van der Waals surface area (Å²) in [4.78, 5) is 11.1. The monoisotopic (exact) mass is 201 g/mol. The molecule has 14 heavy (non-hydrogen) atoms. The SMILES string of the molecule is CCCCC(CC)NCC(=O)OCC. The molecule has 0 aliphatic heterocycles. The second-order valence-electron chi connectivity index (χ2n) is 3.43. The molecule has 0 aromatic carbocycles. The van der Waals surface area contributed by atoms with Crippen LogP contribution in [0.1, 0.15) is 46.5 Å². The number of carbonyl (C=O) groups is 1. The first-order valence-corrected chi connectivity index (χ1v) is 5.63. The molecule has 1 unspecified atom stereocenters. The standard InChI is InChI=1S/C11H23NO2/c1-4-7-8-10(5-2)12-9-11(13)14-6-3/h10,12H,4-9H2,1-3H3. The van der Waals surface area contributed by atoms with Crippen LogP contribution in [-0.4, -0.2) is 25.2 Å². The quantitative estimate of drug-likeness (QED) is 0.611. The number of esters is 1. The smallest absolute Gasteiger partial charge is 0.319 e. The Labute approximate surface area is 87.2 Å². The first-order chi connectivity index (χ1) is 6.74. The summed E-state index contributed by atoms with van der Waals surface area (Å²) in [5, 5.41) is 3.21. The van der Waals surface area contributed by atoms with E-state index in [2.05, 4.69) is 19.2 Å². The largest absolute Gasteiger partial charge is 0.465 e. The van der Waals surface area contributed by atoms with Crippen molar-refractivity contribution >= 4 is 5.97 Å². The Kier molecular flexibility index (Phi) is 8.64. The van der Waals surface area contributed by atoms with Gasteiger partial charge in [0.2, 0.25) is 0 Å². The maximum absolute atomic E-state index is 11.1. The van der Waals surface area contributed by atoms with Gasteiger partial charge in [0.25, 0.3) is 0 Å². The van der Waals surface area contributed by atoms with Gasteiger partial charge in [0.1, 0.15) is 0 Å². The number of unbranched alkanes of at least 4 members (excludes halogenated alkanes) is 1. The normalized spacial score (nSPS) is 12.5. The van der Waals surface area contributed by atoms with E-state index >= 15 is 0 Å². The third-order valence-corrected chi connectivity index (χ3v) is 2.24. The van der Waals surface area contributed by atoms with Crippen LogP contribution in [0, 0.1) is 0 Å². The van der Waals surface area contributed by atoms with Crippen LogP contribution >= 0.6 is 0 Å². The lowest BCUT2D eigenvalue weighted by Gasteiger charge is -2.15. The Morgan fingerprint density at radius 1 is 1.36 bits per heavy atom. The summed E-state index contributed by atoms with van der Waals surface area (Å²) in [6, 6.07) is 0.458.